The zero-order chi connectivity index (χ0) is 13.1. The van der Waals surface area contributed by atoms with Gasteiger partial charge in [-0.15, -0.1) is 0 Å². The number of carbonyl (C=O) groups is 1. The number of rotatable bonds is 2. The van der Waals surface area contributed by atoms with Crippen LogP contribution in [0.4, 0.5) is 5.69 Å². The highest BCUT2D eigenvalue weighted by molar-refractivity contribution is 5.78. The number of fused-ring (bicyclic) bond motifs is 1. The van der Waals surface area contributed by atoms with Crippen LogP contribution in [0.5, 0.6) is 5.75 Å². The topological polar surface area (TPSA) is 56.8 Å². The molecule has 0 saturated carbocycles. The molecule has 0 spiro atoms. The van der Waals surface area contributed by atoms with Gasteiger partial charge in [0.15, 0.2) is 0 Å². The molecular weight excluding hydrogens is 246 g/mol. The molecule has 1 aromatic rings. The number of para-hydroxylation sites is 2. The van der Waals surface area contributed by atoms with E-state index in [0.717, 1.165) is 18.5 Å². The van der Waals surface area contributed by atoms with Crippen LogP contribution in [0.3, 0.4) is 0 Å². The molecule has 5 heteroatoms. The first-order valence-electron chi connectivity index (χ1n) is 6.61. The van der Waals surface area contributed by atoms with Gasteiger partial charge in [0.2, 0.25) is 6.10 Å². The van der Waals surface area contributed by atoms with Gasteiger partial charge >= 0.3 is 5.97 Å². The molecule has 2 aliphatic heterocycles. The Bertz CT molecular complexity index is 457. The average molecular weight is 263 g/mol. The molecule has 2 aliphatic rings. The van der Waals surface area contributed by atoms with Gasteiger partial charge in [-0.25, -0.2) is 4.79 Å². The standard InChI is InChI=1S/C14H17NO4/c16-14(18-10-5-7-17-8-6-10)13-9-15-11-3-1-2-4-12(11)19-13/h1-4,10,13,15H,5-9H2. The molecule has 1 atom stereocenters. The second kappa shape index (κ2) is 5.48. The number of hydrogen-bond acceptors (Lipinski definition) is 5. The number of esters is 1. The second-order valence-corrected chi connectivity index (χ2v) is 4.73. The highest BCUT2D eigenvalue weighted by atomic mass is 16.6. The van der Waals surface area contributed by atoms with Crippen LogP contribution < -0.4 is 10.1 Å². The summed E-state index contributed by atoms with van der Waals surface area (Å²) in [6, 6.07) is 7.58. The van der Waals surface area contributed by atoms with E-state index in [-0.39, 0.29) is 12.1 Å². The molecule has 0 bridgehead atoms. The molecule has 1 saturated heterocycles. The Balaban J connectivity index is 1.59. The van der Waals surface area contributed by atoms with Crippen molar-refractivity contribution in [1.82, 2.24) is 0 Å². The van der Waals surface area contributed by atoms with Crippen molar-refractivity contribution >= 4 is 11.7 Å². The first-order valence-corrected chi connectivity index (χ1v) is 6.61. The number of nitrogens with one attached hydrogen (secondary N) is 1. The van der Waals surface area contributed by atoms with Crippen LogP contribution in [-0.4, -0.2) is 37.9 Å². The molecule has 1 aromatic carbocycles. The Morgan fingerprint density at radius 2 is 2.05 bits per heavy atom. The van der Waals surface area contributed by atoms with Gasteiger partial charge in [0, 0.05) is 12.8 Å². The number of anilines is 1. The van der Waals surface area contributed by atoms with E-state index >= 15 is 0 Å². The van der Waals surface area contributed by atoms with Crippen LogP contribution in [0, 0.1) is 0 Å². The summed E-state index contributed by atoms with van der Waals surface area (Å²) in [7, 11) is 0. The Hall–Kier alpha value is -1.75. The molecule has 0 aromatic heterocycles. The molecule has 3 rings (SSSR count). The van der Waals surface area contributed by atoms with Gasteiger partial charge in [-0.3, -0.25) is 0 Å². The third-order valence-corrected chi connectivity index (χ3v) is 3.35. The predicted molar refractivity (Wildman–Crippen MR) is 69.3 cm³/mol. The van der Waals surface area contributed by atoms with E-state index in [9.17, 15) is 4.79 Å². The summed E-state index contributed by atoms with van der Waals surface area (Å²) >= 11 is 0. The molecule has 0 amide bonds. The third kappa shape index (κ3) is 2.81. The first-order chi connectivity index (χ1) is 9.33. The average Bonchev–Trinajstić information content (AvgIpc) is 2.48. The van der Waals surface area contributed by atoms with E-state index < -0.39 is 6.10 Å². The van der Waals surface area contributed by atoms with Crippen LogP contribution in [0.25, 0.3) is 0 Å². The zero-order valence-electron chi connectivity index (χ0n) is 10.6. The minimum Gasteiger partial charge on any atom is -0.475 e. The summed E-state index contributed by atoms with van der Waals surface area (Å²) in [5.74, 6) is 0.400. The maximum absolute atomic E-state index is 12.0. The van der Waals surface area contributed by atoms with Crippen LogP contribution in [-0.2, 0) is 14.3 Å². The van der Waals surface area contributed by atoms with E-state index in [4.69, 9.17) is 14.2 Å². The van der Waals surface area contributed by atoms with Gasteiger partial charge < -0.3 is 19.5 Å². The lowest BCUT2D eigenvalue weighted by atomic mass is 10.1. The molecule has 2 heterocycles. The molecule has 1 fully saturated rings. The minimum absolute atomic E-state index is 0.0398. The third-order valence-electron chi connectivity index (χ3n) is 3.35. The summed E-state index contributed by atoms with van der Waals surface area (Å²) in [6.07, 6.45) is 0.921. The molecule has 0 radical (unpaired) electrons. The summed E-state index contributed by atoms with van der Waals surface area (Å²) in [4.78, 5) is 12.0. The fourth-order valence-electron chi connectivity index (χ4n) is 2.28. The van der Waals surface area contributed by atoms with Gasteiger partial charge in [-0.2, -0.15) is 0 Å². The zero-order valence-corrected chi connectivity index (χ0v) is 10.6. The van der Waals surface area contributed by atoms with Gasteiger partial charge in [0.1, 0.15) is 11.9 Å². The van der Waals surface area contributed by atoms with Gasteiger partial charge in [0.25, 0.3) is 0 Å². The molecule has 0 aliphatic carbocycles. The highest BCUT2D eigenvalue weighted by Crippen LogP contribution is 2.28. The number of ether oxygens (including phenoxy) is 3. The number of carbonyl (C=O) groups excluding carboxylic acids is 1. The quantitative estimate of drug-likeness (QED) is 0.821. The van der Waals surface area contributed by atoms with Crippen molar-refractivity contribution < 1.29 is 19.0 Å². The maximum Gasteiger partial charge on any atom is 0.349 e. The lowest BCUT2D eigenvalue weighted by Gasteiger charge is -2.28. The molecular formula is C14H17NO4. The minimum atomic E-state index is -0.572. The molecule has 102 valence electrons. The van der Waals surface area contributed by atoms with E-state index in [1.165, 1.54) is 0 Å². The van der Waals surface area contributed by atoms with Crippen molar-refractivity contribution in [3.63, 3.8) is 0 Å². The Labute approximate surface area is 111 Å². The predicted octanol–water partition coefficient (Wildman–Crippen LogP) is 1.58. The second-order valence-electron chi connectivity index (χ2n) is 4.73. The lowest BCUT2D eigenvalue weighted by molar-refractivity contribution is -0.161. The summed E-state index contributed by atoms with van der Waals surface area (Å²) in [5, 5.41) is 3.18. The van der Waals surface area contributed by atoms with Crippen LogP contribution in [0.1, 0.15) is 12.8 Å². The van der Waals surface area contributed by atoms with Crippen molar-refractivity contribution in [3.8, 4) is 5.75 Å². The lowest BCUT2D eigenvalue weighted by Crippen LogP contribution is -2.41. The van der Waals surface area contributed by atoms with Gasteiger partial charge in [-0.05, 0) is 12.1 Å². The Morgan fingerprint density at radius 3 is 2.89 bits per heavy atom. The normalized spacial score (nSPS) is 22.8. The summed E-state index contributed by atoms with van der Waals surface area (Å²) < 4.78 is 16.4. The fourth-order valence-corrected chi connectivity index (χ4v) is 2.28. The smallest absolute Gasteiger partial charge is 0.349 e. The summed E-state index contributed by atoms with van der Waals surface area (Å²) in [6.45, 7) is 1.76. The van der Waals surface area contributed by atoms with E-state index in [1.807, 2.05) is 24.3 Å². The molecule has 5 nitrogen and oxygen atoms in total. The number of benzene rings is 1. The SMILES string of the molecule is O=C(OC1CCOCC1)C1CNc2ccccc2O1. The summed E-state index contributed by atoms with van der Waals surface area (Å²) in [5.41, 5.74) is 0.914. The van der Waals surface area contributed by atoms with Crippen molar-refractivity contribution in [2.45, 2.75) is 25.0 Å². The van der Waals surface area contributed by atoms with Crippen LogP contribution in [0.2, 0.25) is 0 Å². The maximum atomic E-state index is 12.0. The highest BCUT2D eigenvalue weighted by Gasteiger charge is 2.29. The van der Waals surface area contributed by atoms with Gasteiger partial charge in [-0.1, -0.05) is 12.1 Å². The van der Waals surface area contributed by atoms with Crippen molar-refractivity contribution in [3.05, 3.63) is 24.3 Å². The van der Waals surface area contributed by atoms with Crippen LogP contribution >= 0.6 is 0 Å². The van der Waals surface area contributed by atoms with Crippen molar-refractivity contribution in [2.24, 2.45) is 0 Å². The largest absolute Gasteiger partial charge is 0.475 e. The monoisotopic (exact) mass is 263 g/mol. The first kappa shape index (κ1) is 12.3. The number of hydrogen-bond donors (Lipinski definition) is 1. The van der Waals surface area contributed by atoms with E-state index in [0.29, 0.717) is 25.5 Å². The Morgan fingerprint density at radius 1 is 1.26 bits per heavy atom. The molecule has 19 heavy (non-hydrogen) atoms. The van der Waals surface area contributed by atoms with Crippen molar-refractivity contribution in [1.29, 1.82) is 0 Å². The molecule has 1 N–H and O–H groups in total. The Kier molecular flexibility index (Phi) is 3.55. The van der Waals surface area contributed by atoms with Crippen LogP contribution in [0.15, 0.2) is 24.3 Å². The van der Waals surface area contributed by atoms with Crippen molar-refractivity contribution in [2.75, 3.05) is 25.1 Å². The molecule has 1 unspecified atom stereocenters. The fraction of sp³-hybridized carbons (Fsp3) is 0.500. The van der Waals surface area contributed by atoms with E-state index in [2.05, 4.69) is 5.32 Å². The van der Waals surface area contributed by atoms with E-state index in [1.54, 1.807) is 0 Å². The van der Waals surface area contributed by atoms with Gasteiger partial charge in [0.05, 0.1) is 25.4 Å².